The summed E-state index contributed by atoms with van der Waals surface area (Å²) in [5.74, 6) is 1.41. The fourth-order valence-electron chi connectivity index (χ4n) is 3.42. The number of nitrogens with one attached hydrogen (secondary N) is 1. The number of piperazine rings is 1. The first-order valence-corrected chi connectivity index (χ1v) is 10.1. The predicted octanol–water partition coefficient (Wildman–Crippen LogP) is 2.13. The highest BCUT2D eigenvalue weighted by Gasteiger charge is 2.25. The van der Waals surface area contributed by atoms with Gasteiger partial charge in [-0.05, 0) is 36.4 Å². The van der Waals surface area contributed by atoms with Gasteiger partial charge in [-0.3, -0.25) is 14.5 Å². The van der Waals surface area contributed by atoms with Crippen LogP contribution in [-0.2, 0) is 0 Å². The molecule has 0 aliphatic carbocycles. The summed E-state index contributed by atoms with van der Waals surface area (Å²) in [6.07, 6.45) is 1.54. The van der Waals surface area contributed by atoms with E-state index in [9.17, 15) is 9.59 Å². The number of benzene rings is 1. The number of hydrogen-bond acceptors (Lipinski definition) is 7. The summed E-state index contributed by atoms with van der Waals surface area (Å²) in [4.78, 5) is 28.9. The van der Waals surface area contributed by atoms with Gasteiger partial charge in [-0.25, -0.2) is 0 Å². The second-order valence-corrected chi connectivity index (χ2v) is 7.17. The van der Waals surface area contributed by atoms with Gasteiger partial charge in [-0.1, -0.05) is 5.16 Å². The molecule has 1 aliphatic heterocycles. The summed E-state index contributed by atoms with van der Waals surface area (Å²) in [5, 5.41) is 6.81. The van der Waals surface area contributed by atoms with Gasteiger partial charge >= 0.3 is 0 Å². The maximum Gasteiger partial charge on any atom is 0.276 e. The zero-order chi connectivity index (χ0) is 21.6. The Kier molecular flexibility index (Phi) is 6.32. The van der Waals surface area contributed by atoms with Crippen molar-refractivity contribution >= 4 is 11.8 Å². The number of aromatic nitrogens is 1. The van der Waals surface area contributed by atoms with Crippen LogP contribution in [0.4, 0.5) is 0 Å². The molecule has 1 N–H and O–H groups in total. The smallest absolute Gasteiger partial charge is 0.276 e. The molecule has 0 spiro atoms. The van der Waals surface area contributed by atoms with E-state index in [-0.39, 0.29) is 17.5 Å². The molecule has 0 saturated carbocycles. The molecule has 1 fully saturated rings. The van der Waals surface area contributed by atoms with Crippen molar-refractivity contribution in [1.82, 2.24) is 20.3 Å². The van der Waals surface area contributed by atoms with Crippen LogP contribution in [-0.4, -0.2) is 73.1 Å². The molecule has 1 saturated heterocycles. The Morgan fingerprint density at radius 2 is 1.87 bits per heavy atom. The lowest BCUT2D eigenvalue weighted by Crippen LogP contribution is -2.50. The second kappa shape index (κ2) is 9.48. The number of methoxy groups -OCH3 is 1. The molecule has 1 aromatic carbocycles. The van der Waals surface area contributed by atoms with Crippen LogP contribution in [0.15, 0.2) is 57.7 Å². The lowest BCUT2D eigenvalue weighted by atomic mass is 10.2. The maximum absolute atomic E-state index is 12.7. The zero-order valence-electron chi connectivity index (χ0n) is 17.2. The molecule has 162 valence electrons. The molecule has 0 bridgehead atoms. The number of ether oxygens (including phenoxy) is 1. The molecular formula is C22H24N4O5. The number of carbonyl (C=O) groups excluding carboxylic acids is 2. The molecule has 4 rings (SSSR count). The average molecular weight is 424 g/mol. The van der Waals surface area contributed by atoms with E-state index >= 15 is 0 Å². The normalized spacial score (nSPS) is 14.4. The molecule has 9 nitrogen and oxygen atoms in total. The standard InChI is InChI=1S/C22H24N4O5/c1-29-17-6-4-16(5-7-17)21(27)23-8-9-25-10-12-26(13-11-25)22(28)18-15-20(31-24-18)19-3-2-14-30-19/h2-7,14-15H,8-13H2,1H3,(H,23,27). The highest BCUT2D eigenvalue weighted by atomic mass is 16.5. The summed E-state index contributed by atoms with van der Waals surface area (Å²) in [6.45, 7) is 3.90. The third kappa shape index (κ3) is 4.95. The minimum absolute atomic E-state index is 0.116. The van der Waals surface area contributed by atoms with Crippen molar-refractivity contribution in [3.05, 3.63) is 60.0 Å². The van der Waals surface area contributed by atoms with Crippen molar-refractivity contribution in [1.29, 1.82) is 0 Å². The highest BCUT2D eigenvalue weighted by Crippen LogP contribution is 2.21. The summed E-state index contributed by atoms with van der Waals surface area (Å²) >= 11 is 0. The molecule has 0 atom stereocenters. The Morgan fingerprint density at radius 1 is 1.10 bits per heavy atom. The van der Waals surface area contributed by atoms with E-state index in [1.54, 1.807) is 54.5 Å². The summed E-state index contributed by atoms with van der Waals surface area (Å²) in [7, 11) is 1.59. The van der Waals surface area contributed by atoms with Crippen molar-refractivity contribution in [3.63, 3.8) is 0 Å². The maximum atomic E-state index is 12.7. The lowest BCUT2D eigenvalue weighted by Gasteiger charge is -2.34. The third-order valence-electron chi connectivity index (χ3n) is 5.22. The van der Waals surface area contributed by atoms with Crippen LogP contribution in [0.3, 0.4) is 0 Å². The molecular weight excluding hydrogens is 400 g/mol. The fourth-order valence-corrected chi connectivity index (χ4v) is 3.42. The van der Waals surface area contributed by atoms with Gasteiger partial charge in [-0.2, -0.15) is 0 Å². The third-order valence-corrected chi connectivity index (χ3v) is 5.22. The lowest BCUT2D eigenvalue weighted by molar-refractivity contribution is 0.0628. The van der Waals surface area contributed by atoms with E-state index < -0.39 is 0 Å². The Hall–Kier alpha value is -3.59. The van der Waals surface area contributed by atoms with Gasteiger partial charge in [0.1, 0.15) is 5.75 Å². The van der Waals surface area contributed by atoms with E-state index in [4.69, 9.17) is 13.7 Å². The van der Waals surface area contributed by atoms with Crippen LogP contribution >= 0.6 is 0 Å². The molecule has 2 aromatic heterocycles. The van der Waals surface area contributed by atoms with Gasteiger partial charge in [0.2, 0.25) is 5.76 Å². The predicted molar refractivity (Wildman–Crippen MR) is 112 cm³/mol. The minimum atomic E-state index is -0.158. The number of rotatable bonds is 7. The Bertz CT molecular complexity index is 1000. The van der Waals surface area contributed by atoms with E-state index in [1.165, 1.54) is 6.26 Å². The van der Waals surface area contributed by atoms with Crippen LogP contribution in [0.2, 0.25) is 0 Å². The number of carbonyl (C=O) groups is 2. The van der Waals surface area contributed by atoms with Crippen LogP contribution in [0.1, 0.15) is 20.8 Å². The molecule has 0 unspecified atom stereocenters. The van der Waals surface area contributed by atoms with Crippen molar-refractivity contribution in [2.45, 2.75) is 0 Å². The first-order chi connectivity index (χ1) is 15.1. The molecule has 3 heterocycles. The van der Waals surface area contributed by atoms with Crippen molar-refractivity contribution in [2.75, 3.05) is 46.4 Å². The van der Waals surface area contributed by atoms with Crippen molar-refractivity contribution < 1.29 is 23.3 Å². The molecule has 2 amide bonds. The minimum Gasteiger partial charge on any atom is -0.497 e. The van der Waals surface area contributed by atoms with Crippen LogP contribution in [0, 0.1) is 0 Å². The topological polar surface area (TPSA) is 101 Å². The largest absolute Gasteiger partial charge is 0.497 e. The fraction of sp³-hybridized carbons (Fsp3) is 0.318. The van der Waals surface area contributed by atoms with Gasteiger partial charge < -0.3 is 23.9 Å². The second-order valence-electron chi connectivity index (χ2n) is 7.17. The molecule has 31 heavy (non-hydrogen) atoms. The van der Waals surface area contributed by atoms with Gasteiger partial charge in [0.15, 0.2) is 11.5 Å². The van der Waals surface area contributed by atoms with Crippen molar-refractivity contribution in [3.8, 4) is 17.3 Å². The summed E-state index contributed by atoms with van der Waals surface area (Å²) < 4.78 is 15.6. The zero-order valence-corrected chi connectivity index (χ0v) is 17.2. The number of nitrogens with zero attached hydrogens (tertiary/aromatic N) is 3. The molecule has 9 heteroatoms. The van der Waals surface area contributed by atoms with Crippen molar-refractivity contribution in [2.24, 2.45) is 0 Å². The van der Waals surface area contributed by atoms with Gasteiger partial charge in [0.05, 0.1) is 13.4 Å². The van der Waals surface area contributed by atoms with Crippen LogP contribution in [0.5, 0.6) is 5.75 Å². The number of furan rings is 1. The summed E-state index contributed by atoms with van der Waals surface area (Å²) in [5.41, 5.74) is 0.865. The quantitative estimate of drug-likeness (QED) is 0.620. The van der Waals surface area contributed by atoms with Gasteiger partial charge in [0.25, 0.3) is 11.8 Å². The van der Waals surface area contributed by atoms with Crippen LogP contribution in [0.25, 0.3) is 11.5 Å². The first-order valence-electron chi connectivity index (χ1n) is 10.1. The molecule has 3 aromatic rings. The van der Waals surface area contributed by atoms with Crippen LogP contribution < -0.4 is 10.1 Å². The molecule has 0 radical (unpaired) electrons. The van der Waals surface area contributed by atoms with E-state index in [0.29, 0.717) is 42.5 Å². The molecule has 1 aliphatic rings. The Balaban J connectivity index is 1.20. The van der Waals surface area contributed by atoms with Gasteiger partial charge in [0, 0.05) is 50.9 Å². The Morgan fingerprint density at radius 3 is 2.55 bits per heavy atom. The number of amides is 2. The Labute approximate surface area is 179 Å². The highest BCUT2D eigenvalue weighted by molar-refractivity contribution is 5.94. The van der Waals surface area contributed by atoms with E-state index in [0.717, 1.165) is 19.6 Å². The average Bonchev–Trinajstić information content (AvgIpc) is 3.51. The van der Waals surface area contributed by atoms with E-state index in [1.807, 2.05) is 0 Å². The van der Waals surface area contributed by atoms with E-state index in [2.05, 4.69) is 15.4 Å². The number of hydrogen-bond donors (Lipinski definition) is 1. The summed E-state index contributed by atoms with van der Waals surface area (Å²) in [6, 6.07) is 12.1. The monoisotopic (exact) mass is 424 g/mol. The van der Waals surface area contributed by atoms with Gasteiger partial charge in [-0.15, -0.1) is 0 Å². The first kappa shape index (κ1) is 20.7. The SMILES string of the molecule is COc1ccc(C(=O)NCCN2CCN(C(=O)c3cc(-c4ccco4)on3)CC2)cc1.